The van der Waals surface area contributed by atoms with Crippen molar-refractivity contribution >= 4 is 40.9 Å². The van der Waals surface area contributed by atoms with Crippen LogP contribution in [0.3, 0.4) is 0 Å². The number of thioether (sulfide) groups is 1. The largest absolute Gasteiger partial charge is 0.396 e. The summed E-state index contributed by atoms with van der Waals surface area (Å²) in [4.78, 5) is 43.0. The number of benzene rings is 2. The average molecular weight is 508 g/mol. The molecule has 0 aromatic heterocycles. The van der Waals surface area contributed by atoms with Crippen LogP contribution in [0.5, 0.6) is 0 Å². The number of likely N-dealkylation sites (tertiary alicyclic amines) is 1. The lowest BCUT2D eigenvalue weighted by Gasteiger charge is -2.34. The highest BCUT2D eigenvalue weighted by Gasteiger charge is 2.73. The van der Waals surface area contributed by atoms with E-state index in [0.717, 1.165) is 29.7 Å². The number of amides is 3. The van der Waals surface area contributed by atoms with Gasteiger partial charge >= 0.3 is 0 Å². The molecule has 1 spiro atoms. The van der Waals surface area contributed by atoms with Crippen molar-refractivity contribution in [3.63, 3.8) is 0 Å². The van der Waals surface area contributed by atoms with Crippen LogP contribution < -0.4 is 10.6 Å². The van der Waals surface area contributed by atoms with Crippen molar-refractivity contribution in [1.82, 2.24) is 4.90 Å². The molecule has 3 N–H and O–H groups in total. The van der Waals surface area contributed by atoms with Gasteiger partial charge in [0.15, 0.2) is 0 Å². The van der Waals surface area contributed by atoms with Crippen LogP contribution in [0, 0.1) is 25.7 Å². The predicted octanol–water partition coefficient (Wildman–Crippen LogP) is 3.74. The number of aliphatic hydroxyl groups excluding tert-OH is 1. The molecule has 2 aromatic rings. The fourth-order valence-corrected chi connectivity index (χ4v) is 8.43. The van der Waals surface area contributed by atoms with Crippen molar-refractivity contribution in [1.29, 1.82) is 0 Å². The molecule has 7 nitrogen and oxygen atoms in total. The van der Waals surface area contributed by atoms with E-state index < -0.39 is 22.6 Å². The fraction of sp³-hybridized carbons (Fsp3) is 0.464. The first-order valence-corrected chi connectivity index (χ1v) is 13.6. The second-order valence-corrected chi connectivity index (χ2v) is 11.8. The summed E-state index contributed by atoms with van der Waals surface area (Å²) in [6.07, 6.45) is 2.70. The Kier molecular flexibility index (Phi) is 6.83. The first kappa shape index (κ1) is 24.8. The second-order valence-electron chi connectivity index (χ2n) is 10.2. The summed E-state index contributed by atoms with van der Waals surface area (Å²) >= 11 is 1.66. The molecule has 3 amide bonds. The highest BCUT2D eigenvalue weighted by molar-refractivity contribution is 8.02. The van der Waals surface area contributed by atoms with E-state index >= 15 is 0 Å². The molecule has 3 heterocycles. The normalized spacial score (nSPS) is 28.3. The SMILES string of the molecule is Cc1ccc(C)c(NC(=O)C2N(CCCCO)C(=O)[C@@H]3[C@@H](C(=O)Nc4ccccc4)[C@H]4CCC23S4)c1. The second kappa shape index (κ2) is 9.90. The molecule has 0 saturated carbocycles. The van der Waals surface area contributed by atoms with Gasteiger partial charge < -0.3 is 20.6 Å². The zero-order chi connectivity index (χ0) is 25.4. The van der Waals surface area contributed by atoms with E-state index in [1.54, 1.807) is 16.7 Å². The van der Waals surface area contributed by atoms with Crippen LogP contribution in [-0.4, -0.2) is 56.9 Å². The smallest absolute Gasteiger partial charge is 0.248 e. The van der Waals surface area contributed by atoms with Crippen LogP contribution in [0.25, 0.3) is 0 Å². The third-order valence-electron chi connectivity index (χ3n) is 7.85. The van der Waals surface area contributed by atoms with Gasteiger partial charge in [0.2, 0.25) is 17.7 Å². The molecule has 0 radical (unpaired) electrons. The molecule has 2 bridgehead atoms. The number of rotatable bonds is 8. The minimum absolute atomic E-state index is 0.0123. The number of aliphatic hydroxyl groups is 1. The van der Waals surface area contributed by atoms with Crippen molar-refractivity contribution in [2.75, 3.05) is 23.8 Å². The van der Waals surface area contributed by atoms with E-state index in [4.69, 9.17) is 0 Å². The Morgan fingerprint density at radius 1 is 1.08 bits per heavy atom. The molecule has 36 heavy (non-hydrogen) atoms. The highest BCUT2D eigenvalue weighted by Crippen LogP contribution is 2.66. The maximum absolute atomic E-state index is 13.9. The molecule has 8 heteroatoms. The van der Waals surface area contributed by atoms with Gasteiger partial charge in [-0.15, -0.1) is 11.8 Å². The highest BCUT2D eigenvalue weighted by atomic mass is 32.2. The third-order valence-corrected chi connectivity index (χ3v) is 9.80. The molecule has 3 aliphatic rings. The molecule has 2 aromatic carbocycles. The van der Waals surface area contributed by atoms with E-state index in [1.807, 2.05) is 62.4 Å². The van der Waals surface area contributed by atoms with Crippen molar-refractivity contribution < 1.29 is 19.5 Å². The zero-order valence-electron chi connectivity index (χ0n) is 20.7. The van der Waals surface area contributed by atoms with Gasteiger partial charge in [0.05, 0.1) is 16.6 Å². The quantitative estimate of drug-likeness (QED) is 0.473. The van der Waals surface area contributed by atoms with Crippen molar-refractivity contribution in [3.8, 4) is 0 Å². The van der Waals surface area contributed by atoms with E-state index in [9.17, 15) is 19.5 Å². The van der Waals surface area contributed by atoms with Gasteiger partial charge in [-0.1, -0.05) is 30.3 Å². The van der Waals surface area contributed by atoms with Gasteiger partial charge in [0, 0.05) is 29.8 Å². The maximum Gasteiger partial charge on any atom is 0.248 e. The lowest BCUT2D eigenvalue weighted by atomic mass is 9.70. The lowest BCUT2D eigenvalue weighted by molar-refractivity contribution is -0.138. The lowest BCUT2D eigenvalue weighted by Crippen LogP contribution is -2.51. The molecule has 2 unspecified atom stereocenters. The van der Waals surface area contributed by atoms with E-state index in [2.05, 4.69) is 10.6 Å². The number of fused-ring (bicyclic) bond motifs is 1. The Morgan fingerprint density at radius 2 is 1.86 bits per heavy atom. The van der Waals surface area contributed by atoms with Gasteiger partial charge in [-0.05, 0) is 68.9 Å². The number of hydrogen-bond donors (Lipinski definition) is 3. The summed E-state index contributed by atoms with van der Waals surface area (Å²) in [7, 11) is 0. The minimum atomic E-state index is -0.655. The van der Waals surface area contributed by atoms with E-state index in [0.29, 0.717) is 25.1 Å². The molecular formula is C28H33N3O4S. The minimum Gasteiger partial charge on any atom is -0.396 e. The number of nitrogens with zero attached hydrogens (tertiary/aromatic N) is 1. The Hall–Kier alpha value is -2.84. The predicted molar refractivity (Wildman–Crippen MR) is 142 cm³/mol. The Bertz CT molecular complexity index is 1170. The zero-order valence-corrected chi connectivity index (χ0v) is 21.5. The number of anilines is 2. The summed E-state index contributed by atoms with van der Waals surface area (Å²) in [5.41, 5.74) is 3.46. The first-order chi connectivity index (χ1) is 17.4. The molecule has 3 aliphatic heterocycles. The van der Waals surface area contributed by atoms with Crippen LogP contribution in [0.15, 0.2) is 48.5 Å². The van der Waals surface area contributed by atoms with Crippen LogP contribution in [0.2, 0.25) is 0 Å². The van der Waals surface area contributed by atoms with Crippen LogP contribution >= 0.6 is 11.8 Å². The van der Waals surface area contributed by atoms with Gasteiger partial charge in [0.25, 0.3) is 0 Å². The first-order valence-electron chi connectivity index (χ1n) is 12.7. The monoisotopic (exact) mass is 507 g/mol. The molecule has 5 atom stereocenters. The topological polar surface area (TPSA) is 98.7 Å². The van der Waals surface area contributed by atoms with Gasteiger partial charge in [-0.3, -0.25) is 14.4 Å². The number of carbonyl (C=O) groups excluding carboxylic acids is 3. The third kappa shape index (κ3) is 4.20. The summed E-state index contributed by atoms with van der Waals surface area (Å²) in [5.74, 6) is -1.47. The van der Waals surface area contributed by atoms with Crippen molar-refractivity contribution in [2.45, 2.75) is 55.6 Å². The molecule has 0 aliphatic carbocycles. The average Bonchev–Trinajstić information content (AvgIpc) is 3.50. The molecule has 3 fully saturated rings. The van der Waals surface area contributed by atoms with E-state index in [-0.39, 0.29) is 29.6 Å². The number of para-hydroxylation sites is 1. The standard InChI is InChI=1S/C28H33N3O4S/c1-17-10-11-18(2)20(16-17)30-26(34)24-28-13-12-21(36-28)22(25(33)29-19-8-4-3-5-9-19)23(28)27(35)31(24)14-6-7-15-32/h3-5,8-11,16,21-24,32H,6-7,12-15H2,1-2H3,(H,29,33)(H,30,34)/t21-,22+,23+,24?,28?/m1/s1. The summed E-state index contributed by atoms with van der Waals surface area (Å²) < 4.78 is -0.624. The Morgan fingerprint density at radius 3 is 2.61 bits per heavy atom. The van der Waals surface area contributed by atoms with Crippen LogP contribution in [-0.2, 0) is 14.4 Å². The molecule has 3 saturated heterocycles. The number of unbranched alkanes of at least 4 members (excludes halogenated alkanes) is 1. The fourth-order valence-electron chi connectivity index (χ4n) is 6.21. The summed E-state index contributed by atoms with van der Waals surface area (Å²) in [6, 6.07) is 14.6. The van der Waals surface area contributed by atoms with E-state index in [1.165, 1.54) is 0 Å². The summed E-state index contributed by atoms with van der Waals surface area (Å²) in [6.45, 7) is 4.36. The van der Waals surface area contributed by atoms with Crippen LogP contribution in [0.1, 0.15) is 36.8 Å². The molecular weight excluding hydrogens is 474 g/mol. The van der Waals surface area contributed by atoms with Crippen LogP contribution in [0.4, 0.5) is 11.4 Å². The number of hydrogen-bond acceptors (Lipinski definition) is 5. The summed E-state index contributed by atoms with van der Waals surface area (Å²) in [5, 5.41) is 15.4. The van der Waals surface area contributed by atoms with Crippen molar-refractivity contribution in [2.24, 2.45) is 11.8 Å². The molecule has 190 valence electrons. The van der Waals surface area contributed by atoms with Gasteiger partial charge in [-0.25, -0.2) is 0 Å². The number of carbonyl (C=O) groups is 3. The van der Waals surface area contributed by atoms with Gasteiger partial charge in [0.1, 0.15) is 6.04 Å². The Labute approximate surface area is 216 Å². The molecule has 5 rings (SSSR count). The maximum atomic E-state index is 13.9. The Balaban J connectivity index is 1.46. The number of aryl methyl sites for hydroxylation is 2. The van der Waals surface area contributed by atoms with Gasteiger partial charge in [-0.2, -0.15) is 0 Å². The van der Waals surface area contributed by atoms with Crippen molar-refractivity contribution in [3.05, 3.63) is 59.7 Å². The number of nitrogens with one attached hydrogen (secondary N) is 2.